The molecule has 0 saturated heterocycles. The first-order valence-electron chi connectivity index (χ1n) is 9.52. The lowest BCUT2D eigenvalue weighted by molar-refractivity contribution is 0.0696. The third kappa shape index (κ3) is 3.51. The Morgan fingerprint density at radius 2 is 1.94 bits per heavy atom. The van der Waals surface area contributed by atoms with Gasteiger partial charge in [-0.05, 0) is 41.6 Å². The fraction of sp³-hybridized carbons (Fsp3) is 0.136. The highest BCUT2D eigenvalue weighted by molar-refractivity contribution is 7.20. The van der Waals surface area contributed by atoms with E-state index in [-0.39, 0.29) is 22.2 Å². The maximum Gasteiger partial charge on any atom is 0.339 e. The Hall–Kier alpha value is -3.43. The summed E-state index contributed by atoms with van der Waals surface area (Å²) in [6.07, 6.45) is 1.80. The van der Waals surface area contributed by atoms with Crippen molar-refractivity contribution in [1.29, 1.82) is 0 Å². The molecule has 0 bridgehead atoms. The Morgan fingerprint density at radius 1 is 1.10 bits per heavy atom. The zero-order valence-electron chi connectivity index (χ0n) is 16.1. The Kier molecular flexibility index (Phi) is 4.84. The summed E-state index contributed by atoms with van der Waals surface area (Å²) in [5, 5.41) is 13.7. The zero-order valence-corrected chi connectivity index (χ0v) is 17.7. The number of amides is 2. The minimum atomic E-state index is -1.10. The number of hydrogen-bond acceptors (Lipinski definition) is 6. The SMILES string of the molecule is O=C(Nc1sc2c(c1C(=O)O)CCN(C(=O)c1cc3ccccc3s1)C2)c1ccco1. The Labute approximate surface area is 184 Å². The number of anilines is 1. The number of nitrogens with zero attached hydrogens (tertiary/aromatic N) is 1. The predicted molar refractivity (Wildman–Crippen MR) is 118 cm³/mol. The molecule has 0 unspecified atom stereocenters. The molecule has 7 nitrogen and oxygen atoms in total. The number of benzene rings is 1. The summed E-state index contributed by atoms with van der Waals surface area (Å²) >= 11 is 2.64. The van der Waals surface area contributed by atoms with E-state index < -0.39 is 11.9 Å². The van der Waals surface area contributed by atoms with Gasteiger partial charge in [0.2, 0.25) is 0 Å². The summed E-state index contributed by atoms with van der Waals surface area (Å²) in [7, 11) is 0. The Morgan fingerprint density at radius 3 is 2.68 bits per heavy atom. The van der Waals surface area contributed by atoms with E-state index >= 15 is 0 Å². The van der Waals surface area contributed by atoms with E-state index in [1.807, 2.05) is 30.3 Å². The van der Waals surface area contributed by atoms with Gasteiger partial charge in [0.25, 0.3) is 11.8 Å². The van der Waals surface area contributed by atoms with Crippen LogP contribution in [-0.2, 0) is 13.0 Å². The Balaban J connectivity index is 1.42. The zero-order chi connectivity index (χ0) is 21.5. The second-order valence-corrected chi connectivity index (χ2v) is 9.26. The van der Waals surface area contributed by atoms with Crippen LogP contribution in [0.2, 0.25) is 0 Å². The summed E-state index contributed by atoms with van der Waals surface area (Å²) in [5.41, 5.74) is 0.765. The summed E-state index contributed by atoms with van der Waals surface area (Å²) in [5.74, 6) is -1.58. The van der Waals surface area contributed by atoms with Crippen LogP contribution >= 0.6 is 22.7 Å². The highest BCUT2D eigenvalue weighted by Crippen LogP contribution is 2.38. The molecule has 3 aromatic heterocycles. The van der Waals surface area contributed by atoms with Crippen molar-refractivity contribution in [2.24, 2.45) is 0 Å². The maximum atomic E-state index is 13.1. The molecule has 0 saturated carbocycles. The highest BCUT2D eigenvalue weighted by Gasteiger charge is 2.31. The number of carbonyl (C=O) groups is 3. The van der Waals surface area contributed by atoms with E-state index in [0.717, 1.165) is 15.0 Å². The Bertz CT molecular complexity index is 1290. The molecule has 156 valence electrons. The normalized spacial score (nSPS) is 13.2. The number of carboxylic acid groups (broad SMARTS) is 1. The van der Waals surface area contributed by atoms with Gasteiger partial charge in [0.1, 0.15) is 5.00 Å². The van der Waals surface area contributed by atoms with Gasteiger partial charge in [-0.25, -0.2) is 4.79 Å². The van der Waals surface area contributed by atoms with Crippen molar-refractivity contribution in [3.63, 3.8) is 0 Å². The van der Waals surface area contributed by atoms with E-state index in [9.17, 15) is 19.5 Å². The van der Waals surface area contributed by atoms with Crippen molar-refractivity contribution in [1.82, 2.24) is 4.90 Å². The van der Waals surface area contributed by atoms with E-state index in [0.29, 0.717) is 30.0 Å². The van der Waals surface area contributed by atoms with Crippen molar-refractivity contribution in [2.75, 3.05) is 11.9 Å². The minimum absolute atomic E-state index is 0.0710. The fourth-order valence-corrected chi connectivity index (χ4v) is 5.99. The van der Waals surface area contributed by atoms with Crippen molar-refractivity contribution >= 4 is 55.5 Å². The van der Waals surface area contributed by atoms with Gasteiger partial charge in [-0.15, -0.1) is 22.7 Å². The summed E-state index contributed by atoms with van der Waals surface area (Å²) in [4.78, 5) is 40.5. The van der Waals surface area contributed by atoms with Gasteiger partial charge in [-0.3, -0.25) is 9.59 Å². The molecule has 0 radical (unpaired) electrons. The predicted octanol–water partition coefficient (Wildman–Crippen LogP) is 4.70. The lowest BCUT2D eigenvalue weighted by Crippen LogP contribution is -2.35. The smallest absolute Gasteiger partial charge is 0.339 e. The first-order valence-corrected chi connectivity index (χ1v) is 11.1. The van der Waals surface area contributed by atoms with Crippen LogP contribution in [0.4, 0.5) is 5.00 Å². The summed E-state index contributed by atoms with van der Waals surface area (Å²) < 4.78 is 6.14. The van der Waals surface area contributed by atoms with Crippen LogP contribution in [0.5, 0.6) is 0 Å². The molecular weight excluding hydrogens is 436 g/mol. The number of aromatic carboxylic acids is 1. The van der Waals surface area contributed by atoms with Crippen molar-refractivity contribution in [3.8, 4) is 0 Å². The molecule has 1 aliphatic rings. The van der Waals surface area contributed by atoms with Gasteiger partial charge < -0.3 is 19.7 Å². The average Bonchev–Trinajstić information content (AvgIpc) is 3.49. The number of thiophene rings is 2. The number of fused-ring (bicyclic) bond motifs is 2. The maximum absolute atomic E-state index is 13.1. The summed E-state index contributed by atoms with van der Waals surface area (Å²) in [6, 6.07) is 12.8. The molecule has 0 atom stereocenters. The van der Waals surface area contributed by atoms with Gasteiger partial charge in [-0.2, -0.15) is 0 Å². The van der Waals surface area contributed by atoms with Crippen LogP contribution in [-0.4, -0.2) is 34.3 Å². The van der Waals surface area contributed by atoms with E-state index in [4.69, 9.17) is 4.42 Å². The molecule has 2 N–H and O–H groups in total. The quantitative estimate of drug-likeness (QED) is 0.467. The van der Waals surface area contributed by atoms with Crippen LogP contribution < -0.4 is 5.32 Å². The largest absolute Gasteiger partial charge is 0.478 e. The number of nitrogens with one attached hydrogen (secondary N) is 1. The van der Waals surface area contributed by atoms with E-state index in [1.54, 1.807) is 11.0 Å². The molecule has 0 spiro atoms. The molecule has 5 rings (SSSR count). The number of hydrogen-bond donors (Lipinski definition) is 2. The monoisotopic (exact) mass is 452 g/mol. The molecule has 4 aromatic rings. The van der Waals surface area contributed by atoms with Crippen LogP contribution in [0.25, 0.3) is 10.1 Å². The molecule has 0 aliphatic carbocycles. The standard InChI is InChI=1S/C22H16N2O5S2/c25-19(14-5-3-9-29-14)23-20-18(22(27)28)13-7-8-24(11-17(13)31-20)21(26)16-10-12-4-1-2-6-15(12)30-16/h1-6,9-10H,7-8,11H2,(H,23,25)(H,27,28). The molecule has 4 heterocycles. The number of furan rings is 1. The molecule has 2 amide bonds. The minimum Gasteiger partial charge on any atom is -0.478 e. The van der Waals surface area contributed by atoms with Gasteiger partial charge in [0.15, 0.2) is 5.76 Å². The summed E-state index contributed by atoms with van der Waals surface area (Å²) in [6.45, 7) is 0.729. The third-order valence-electron chi connectivity index (χ3n) is 5.17. The molecule has 31 heavy (non-hydrogen) atoms. The van der Waals surface area contributed by atoms with Gasteiger partial charge in [0, 0.05) is 16.1 Å². The van der Waals surface area contributed by atoms with Gasteiger partial charge in [0.05, 0.1) is 23.2 Å². The van der Waals surface area contributed by atoms with Gasteiger partial charge in [-0.1, -0.05) is 18.2 Å². The van der Waals surface area contributed by atoms with Crippen LogP contribution in [0.15, 0.2) is 53.1 Å². The number of carbonyl (C=O) groups excluding carboxylic acids is 2. The highest BCUT2D eigenvalue weighted by atomic mass is 32.1. The molecule has 1 aliphatic heterocycles. The topological polar surface area (TPSA) is 99.9 Å². The van der Waals surface area contributed by atoms with Crippen molar-refractivity contribution < 1.29 is 23.9 Å². The van der Waals surface area contributed by atoms with E-state index in [1.165, 1.54) is 35.0 Å². The lowest BCUT2D eigenvalue weighted by Gasteiger charge is -2.26. The van der Waals surface area contributed by atoms with Crippen LogP contribution in [0, 0.1) is 0 Å². The molecule has 1 aromatic carbocycles. The molecular formula is C22H16N2O5S2. The van der Waals surface area contributed by atoms with Crippen LogP contribution in [0.3, 0.4) is 0 Å². The molecule has 0 fully saturated rings. The number of rotatable bonds is 4. The molecule has 9 heteroatoms. The first-order chi connectivity index (χ1) is 15.0. The lowest BCUT2D eigenvalue weighted by atomic mass is 10.0. The second-order valence-electron chi connectivity index (χ2n) is 7.07. The first kappa shape index (κ1) is 19.5. The van der Waals surface area contributed by atoms with Crippen molar-refractivity contribution in [2.45, 2.75) is 13.0 Å². The third-order valence-corrected chi connectivity index (χ3v) is 7.40. The van der Waals surface area contributed by atoms with Crippen molar-refractivity contribution in [3.05, 3.63) is 75.4 Å². The average molecular weight is 453 g/mol. The fourth-order valence-electron chi connectivity index (χ4n) is 3.71. The van der Waals surface area contributed by atoms with Crippen LogP contribution in [0.1, 0.15) is 41.0 Å². The van der Waals surface area contributed by atoms with Gasteiger partial charge >= 0.3 is 5.97 Å². The van der Waals surface area contributed by atoms with E-state index in [2.05, 4.69) is 5.32 Å². The second kappa shape index (κ2) is 7.68. The number of carboxylic acids is 1.